The zero-order chi connectivity index (χ0) is 15.5. The summed E-state index contributed by atoms with van der Waals surface area (Å²) in [6.07, 6.45) is 2.97. The van der Waals surface area contributed by atoms with Crippen molar-refractivity contribution in [2.45, 2.75) is 32.2 Å². The SMILES string of the molecule is COCC(C)NC(=O)c1nn(-c2ccccc2)c2c1CCC2. The summed E-state index contributed by atoms with van der Waals surface area (Å²) in [5.74, 6) is -0.114. The number of carbonyl (C=O) groups is 1. The molecular formula is C17H21N3O2. The summed E-state index contributed by atoms with van der Waals surface area (Å²) in [5.41, 5.74) is 3.81. The molecule has 3 rings (SSSR count). The Hall–Kier alpha value is -2.14. The van der Waals surface area contributed by atoms with Crippen LogP contribution in [0.5, 0.6) is 0 Å². The topological polar surface area (TPSA) is 56.1 Å². The van der Waals surface area contributed by atoms with Gasteiger partial charge in [-0.25, -0.2) is 4.68 Å². The van der Waals surface area contributed by atoms with Crippen LogP contribution >= 0.6 is 0 Å². The summed E-state index contributed by atoms with van der Waals surface area (Å²) in [4.78, 5) is 12.5. The van der Waals surface area contributed by atoms with Crippen LogP contribution in [-0.4, -0.2) is 35.4 Å². The fourth-order valence-corrected chi connectivity index (χ4v) is 2.99. The number of carbonyl (C=O) groups excluding carboxylic acids is 1. The molecular weight excluding hydrogens is 278 g/mol. The average molecular weight is 299 g/mol. The largest absolute Gasteiger partial charge is 0.383 e. The molecule has 5 heteroatoms. The highest BCUT2D eigenvalue weighted by Crippen LogP contribution is 2.27. The standard InChI is InChI=1S/C17H21N3O2/c1-12(11-22-2)18-17(21)16-14-9-6-10-15(14)20(19-16)13-7-4-3-5-8-13/h3-5,7-8,12H,6,9-11H2,1-2H3,(H,18,21). The minimum absolute atomic E-state index is 0.0311. The maximum absolute atomic E-state index is 12.5. The molecule has 2 aromatic rings. The molecule has 22 heavy (non-hydrogen) atoms. The Balaban J connectivity index is 1.92. The van der Waals surface area contributed by atoms with Gasteiger partial charge in [-0.1, -0.05) is 18.2 Å². The normalized spacial score (nSPS) is 14.6. The van der Waals surface area contributed by atoms with Crippen molar-refractivity contribution in [3.63, 3.8) is 0 Å². The first-order valence-electron chi connectivity index (χ1n) is 7.66. The zero-order valence-corrected chi connectivity index (χ0v) is 13.0. The van der Waals surface area contributed by atoms with Gasteiger partial charge >= 0.3 is 0 Å². The van der Waals surface area contributed by atoms with E-state index in [0.29, 0.717) is 12.3 Å². The molecule has 0 radical (unpaired) electrons. The maximum atomic E-state index is 12.5. The average Bonchev–Trinajstić information content (AvgIpc) is 3.10. The van der Waals surface area contributed by atoms with Gasteiger partial charge in [0.1, 0.15) is 0 Å². The van der Waals surface area contributed by atoms with Gasteiger partial charge in [-0.05, 0) is 38.3 Å². The van der Waals surface area contributed by atoms with E-state index in [0.717, 1.165) is 36.2 Å². The van der Waals surface area contributed by atoms with Gasteiger partial charge in [-0.2, -0.15) is 5.10 Å². The van der Waals surface area contributed by atoms with Gasteiger partial charge in [-0.3, -0.25) is 4.79 Å². The number of nitrogens with zero attached hydrogens (tertiary/aromatic N) is 2. The van der Waals surface area contributed by atoms with Crippen LogP contribution in [0, 0.1) is 0 Å². The van der Waals surface area contributed by atoms with Gasteiger partial charge in [0.25, 0.3) is 5.91 Å². The van der Waals surface area contributed by atoms with Gasteiger partial charge in [-0.15, -0.1) is 0 Å². The van der Waals surface area contributed by atoms with E-state index < -0.39 is 0 Å². The third-order valence-electron chi connectivity index (χ3n) is 3.94. The van der Waals surface area contributed by atoms with E-state index in [1.807, 2.05) is 41.9 Å². The van der Waals surface area contributed by atoms with Crippen molar-refractivity contribution in [2.24, 2.45) is 0 Å². The zero-order valence-electron chi connectivity index (χ0n) is 13.0. The predicted octanol–water partition coefficient (Wildman–Crippen LogP) is 2.13. The van der Waals surface area contributed by atoms with Crippen molar-refractivity contribution in [2.75, 3.05) is 13.7 Å². The van der Waals surface area contributed by atoms with Crippen LogP contribution < -0.4 is 5.32 Å². The molecule has 1 aromatic heterocycles. The van der Waals surface area contributed by atoms with Crippen LogP contribution in [0.4, 0.5) is 0 Å². The molecule has 1 unspecified atom stereocenters. The van der Waals surface area contributed by atoms with Crippen molar-refractivity contribution in [1.82, 2.24) is 15.1 Å². The van der Waals surface area contributed by atoms with Crippen LogP contribution in [-0.2, 0) is 17.6 Å². The Morgan fingerprint density at radius 3 is 2.86 bits per heavy atom. The molecule has 1 heterocycles. The number of hydrogen-bond acceptors (Lipinski definition) is 3. The fraction of sp³-hybridized carbons (Fsp3) is 0.412. The van der Waals surface area contributed by atoms with Crippen molar-refractivity contribution >= 4 is 5.91 Å². The van der Waals surface area contributed by atoms with Crippen LogP contribution in [0.2, 0.25) is 0 Å². The Kier molecular flexibility index (Phi) is 4.24. The lowest BCUT2D eigenvalue weighted by Crippen LogP contribution is -2.36. The second-order valence-corrected chi connectivity index (χ2v) is 5.70. The number of rotatable bonds is 5. The van der Waals surface area contributed by atoms with Gasteiger partial charge in [0.2, 0.25) is 0 Å². The molecule has 1 aliphatic carbocycles. The molecule has 5 nitrogen and oxygen atoms in total. The second-order valence-electron chi connectivity index (χ2n) is 5.70. The number of benzene rings is 1. The summed E-state index contributed by atoms with van der Waals surface area (Å²) >= 11 is 0. The van der Waals surface area contributed by atoms with Gasteiger partial charge < -0.3 is 10.1 Å². The molecule has 0 aliphatic heterocycles. The summed E-state index contributed by atoms with van der Waals surface area (Å²) in [7, 11) is 1.63. The molecule has 0 fully saturated rings. The summed E-state index contributed by atoms with van der Waals surface area (Å²) in [5, 5.41) is 7.53. The van der Waals surface area contributed by atoms with E-state index in [1.165, 1.54) is 0 Å². The molecule has 0 bridgehead atoms. The molecule has 0 saturated carbocycles. The number of nitrogens with one attached hydrogen (secondary N) is 1. The lowest BCUT2D eigenvalue weighted by atomic mass is 10.2. The molecule has 0 spiro atoms. The number of para-hydroxylation sites is 1. The number of ether oxygens (including phenoxy) is 1. The third-order valence-corrected chi connectivity index (χ3v) is 3.94. The van der Waals surface area contributed by atoms with Crippen molar-refractivity contribution in [3.05, 3.63) is 47.3 Å². The Bertz CT molecular complexity index is 664. The molecule has 1 amide bonds. The van der Waals surface area contributed by atoms with Crippen LogP contribution in [0.3, 0.4) is 0 Å². The Labute approximate surface area is 130 Å². The quantitative estimate of drug-likeness (QED) is 0.920. The van der Waals surface area contributed by atoms with Crippen LogP contribution in [0.15, 0.2) is 30.3 Å². The fourth-order valence-electron chi connectivity index (χ4n) is 2.99. The van der Waals surface area contributed by atoms with Crippen molar-refractivity contribution < 1.29 is 9.53 Å². The van der Waals surface area contributed by atoms with E-state index in [1.54, 1.807) is 7.11 Å². The second kappa shape index (κ2) is 6.32. The van der Waals surface area contributed by atoms with E-state index in [-0.39, 0.29) is 11.9 Å². The number of aromatic nitrogens is 2. The molecule has 0 saturated heterocycles. The smallest absolute Gasteiger partial charge is 0.272 e. The summed E-state index contributed by atoms with van der Waals surface area (Å²) in [6.45, 7) is 2.42. The van der Waals surface area contributed by atoms with E-state index in [2.05, 4.69) is 10.4 Å². The van der Waals surface area contributed by atoms with Crippen LogP contribution in [0.1, 0.15) is 35.1 Å². The minimum Gasteiger partial charge on any atom is -0.383 e. The number of hydrogen-bond donors (Lipinski definition) is 1. The number of fused-ring (bicyclic) bond motifs is 1. The summed E-state index contributed by atoms with van der Waals surface area (Å²) < 4.78 is 6.98. The lowest BCUT2D eigenvalue weighted by Gasteiger charge is -2.11. The Morgan fingerprint density at radius 2 is 2.14 bits per heavy atom. The highest BCUT2D eigenvalue weighted by molar-refractivity contribution is 5.94. The predicted molar refractivity (Wildman–Crippen MR) is 84.4 cm³/mol. The molecule has 1 N–H and O–H groups in total. The lowest BCUT2D eigenvalue weighted by molar-refractivity contribution is 0.0899. The molecule has 1 aliphatic rings. The van der Waals surface area contributed by atoms with Gasteiger partial charge in [0, 0.05) is 24.4 Å². The monoisotopic (exact) mass is 299 g/mol. The highest BCUT2D eigenvalue weighted by atomic mass is 16.5. The first-order chi connectivity index (χ1) is 10.7. The van der Waals surface area contributed by atoms with Crippen molar-refractivity contribution in [3.8, 4) is 5.69 Å². The maximum Gasteiger partial charge on any atom is 0.272 e. The first-order valence-corrected chi connectivity index (χ1v) is 7.66. The van der Waals surface area contributed by atoms with Crippen LogP contribution in [0.25, 0.3) is 5.69 Å². The van der Waals surface area contributed by atoms with E-state index in [4.69, 9.17) is 4.74 Å². The van der Waals surface area contributed by atoms with E-state index in [9.17, 15) is 4.79 Å². The van der Waals surface area contributed by atoms with E-state index >= 15 is 0 Å². The Morgan fingerprint density at radius 1 is 1.36 bits per heavy atom. The number of methoxy groups -OCH3 is 1. The van der Waals surface area contributed by atoms with Crippen molar-refractivity contribution in [1.29, 1.82) is 0 Å². The summed E-state index contributed by atoms with van der Waals surface area (Å²) in [6, 6.07) is 9.95. The molecule has 116 valence electrons. The number of amides is 1. The minimum atomic E-state index is -0.114. The molecule has 1 atom stereocenters. The van der Waals surface area contributed by atoms with Gasteiger partial charge in [0.05, 0.1) is 12.3 Å². The molecule has 1 aromatic carbocycles. The third kappa shape index (κ3) is 2.76. The van der Waals surface area contributed by atoms with Gasteiger partial charge in [0.15, 0.2) is 5.69 Å². The first kappa shape index (κ1) is 14.8. The highest BCUT2D eigenvalue weighted by Gasteiger charge is 2.27.